The van der Waals surface area contributed by atoms with Crippen molar-refractivity contribution >= 4 is 6.09 Å². The molecule has 2 atom stereocenters. The highest BCUT2D eigenvalue weighted by molar-refractivity contribution is 5.71. The summed E-state index contributed by atoms with van der Waals surface area (Å²) in [5, 5.41) is 0. The molecule has 2 aliphatic rings. The Labute approximate surface area is 128 Å². The van der Waals surface area contributed by atoms with Gasteiger partial charge in [-0.25, -0.2) is 4.79 Å². The van der Waals surface area contributed by atoms with Gasteiger partial charge in [-0.2, -0.15) is 13.2 Å². The fraction of sp³-hybridized carbons (Fsp3) is 0.562. The van der Waals surface area contributed by atoms with Gasteiger partial charge in [0.15, 0.2) is 0 Å². The Hall–Kier alpha value is -1.72. The third-order valence-corrected chi connectivity index (χ3v) is 3.87. The number of hydrogen-bond donors (Lipinski definition) is 0. The molecule has 122 valence electrons. The van der Waals surface area contributed by atoms with Crippen LogP contribution in [0.3, 0.4) is 0 Å². The number of rotatable bonds is 1. The molecular weight excluding hydrogens is 295 g/mol. The van der Waals surface area contributed by atoms with E-state index in [-0.39, 0.29) is 6.04 Å². The number of benzene rings is 1. The number of carbonyl (C=O) groups excluding carboxylic acids is 1. The molecule has 1 unspecified atom stereocenters. The van der Waals surface area contributed by atoms with E-state index in [1.54, 1.807) is 17.9 Å². The van der Waals surface area contributed by atoms with E-state index in [0.717, 1.165) is 25.0 Å². The molecule has 2 saturated heterocycles. The summed E-state index contributed by atoms with van der Waals surface area (Å²) in [6.07, 6.45) is -3.77. The zero-order chi connectivity index (χ0) is 16.5. The molecule has 0 radical (unpaired) electrons. The van der Waals surface area contributed by atoms with Crippen molar-refractivity contribution in [3.63, 3.8) is 0 Å². The molecule has 3 rings (SSSR count). The summed E-state index contributed by atoms with van der Waals surface area (Å²) in [7, 11) is 0. The van der Waals surface area contributed by atoms with Crippen molar-refractivity contribution in [2.75, 3.05) is 6.54 Å². The van der Waals surface area contributed by atoms with Gasteiger partial charge in [0, 0.05) is 6.54 Å². The average molecular weight is 315 g/mol. The lowest BCUT2D eigenvalue weighted by Crippen LogP contribution is -2.27. The first kappa shape index (κ1) is 16.6. The molecule has 1 aromatic carbocycles. The molecule has 0 bridgehead atoms. The quantitative estimate of drug-likeness (QED) is 0.752. The maximum Gasteiger partial charge on any atom is 0.416 e. The molecule has 0 N–H and O–H groups in total. The predicted octanol–water partition coefficient (Wildman–Crippen LogP) is 4.70. The highest BCUT2D eigenvalue weighted by Gasteiger charge is 2.45. The summed E-state index contributed by atoms with van der Waals surface area (Å²) in [5.74, 6) is 0. The number of halogens is 3. The second kappa shape index (κ2) is 6.18. The molecule has 0 aliphatic carbocycles. The van der Waals surface area contributed by atoms with Gasteiger partial charge in [-0.3, -0.25) is 0 Å². The Balaban J connectivity index is 0.000000847. The van der Waals surface area contributed by atoms with Crippen molar-refractivity contribution in [2.45, 2.75) is 51.9 Å². The van der Waals surface area contributed by atoms with E-state index in [0.29, 0.717) is 17.7 Å². The number of amides is 1. The lowest BCUT2D eigenvalue weighted by atomic mass is 9.97. The van der Waals surface area contributed by atoms with Crippen molar-refractivity contribution in [1.82, 2.24) is 4.90 Å². The van der Waals surface area contributed by atoms with E-state index >= 15 is 0 Å². The second-order valence-electron chi connectivity index (χ2n) is 5.34. The van der Waals surface area contributed by atoms with E-state index in [1.807, 2.05) is 13.8 Å². The molecule has 1 amide bonds. The van der Waals surface area contributed by atoms with E-state index < -0.39 is 23.9 Å². The summed E-state index contributed by atoms with van der Waals surface area (Å²) in [4.78, 5) is 13.3. The number of alkyl halides is 3. The SMILES string of the molecule is CC.Cc1cc([C@H]2OC(=O)N3CCCC23)cc(C(F)(F)F)c1. The molecule has 2 aliphatic heterocycles. The third kappa shape index (κ3) is 3.05. The number of fused-ring (bicyclic) bond motifs is 1. The minimum absolute atomic E-state index is 0.134. The van der Waals surface area contributed by atoms with Crippen LogP contribution in [0.25, 0.3) is 0 Å². The van der Waals surface area contributed by atoms with Crippen LogP contribution in [0.4, 0.5) is 18.0 Å². The summed E-state index contributed by atoms with van der Waals surface area (Å²) in [5.41, 5.74) is 0.252. The van der Waals surface area contributed by atoms with Gasteiger partial charge in [0.1, 0.15) is 6.10 Å². The molecule has 2 heterocycles. The van der Waals surface area contributed by atoms with Crippen molar-refractivity contribution in [1.29, 1.82) is 0 Å². The van der Waals surface area contributed by atoms with Crippen LogP contribution in [0.5, 0.6) is 0 Å². The smallest absolute Gasteiger partial charge is 0.416 e. The summed E-state index contributed by atoms with van der Waals surface area (Å²) < 4.78 is 43.8. The van der Waals surface area contributed by atoms with Crippen LogP contribution in [0, 0.1) is 6.92 Å². The number of ether oxygens (including phenoxy) is 1. The van der Waals surface area contributed by atoms with Crippen LogP contribution in [0.2, 0.25) is 0 Å². The van der Waals surface area contributed by atoms with Crippen molar-refractivity contribution in [3.05, 3.63) is 34.9 Å². The number of hydrogen-bond acceptors (Lipinski definition) is 2. The van der Waals surface area contributed by atoms with E-state index in [4.69, 9.17) is 4.74 Å². The Bertz CT molecular complexity index is 557. The molecular formula is C16H20F3NO2. The van der Waals surface area contributed by atoms with Crippen molar-refractivity contribution in [2.24, 2.45) is 0 Å². The Morgan fingerprint density at radius 1 is 1.23 bits per heavy atom. The summed E-state index contributed by atoms with van der Waals surface area (Å²) >= 11 is 0. The first-order valence-corrected chi connectivity index (χ1v) is 7.52. The van der Waals surface area contributed by atoms with Crippen LogP contribution < -0.4 is 0 Å². The number of aryl methyl sites for hydroxylation is 1. The largest absolute Gasteiger partial charge is 0.439 e. The monoisotopic (exact) mass is 315 g/mol. The normalized spacial score (nSPS) is 23.7. The highest BCUT2D eigenvalue weighted by atomic mass is 19.4. The Morgan fingerprint density at radius 2 is 1.91 bits per heavy atom. The first-order valence-electron chi connectivity index (χ1n) is 7.52. The van der Waals surface area contributed by atoms with E-state index in [2.05, 4.69) is 0 Å². The molecule has 3 nitrogen and oxygen atoms in total. The Morgan fingerprint density at radius 3 is 2.55 bits per heavy atom. The fourth-order valence-corrected chi connectivity index (χ4v) is 3.02. The second-order valence-corrected chi connectivity index (χ2v) is 5.34. The topological polar surface area (TPSA) is 29.5 Å². The number of carbonyl (C=O) groups is 1. The van der Waals surface area contributed by atoms with Gasteiger partial charge in [0.05, 0.1) is 11.6 Å². The molecule has 6 heteroatoms. The van der Waals surface area contributed by atoms with Gasteiger partial charge in [0.2, 0.25) is 0 Å². The third-order valence-electron chi connectivity index (χ3n) is 3.87. The maximum absolute atomic E-state index is 12.9. The Kier molecular flexibility index (Phi) is 4.68. The van der Waals surface area contributed by atoms with Gasteiger partial charge in [-0.1, -0.05) is 25.5 Å². The number of cyclic esters (lactones) is 1. The van der Waals surface area contributed by atoms with Crippen molar-refractivity contribution < 1.29 is 22.7 Å². The van der Waals surface area contributed by atoms with Gasteiger partial charge < -0.3 is 9.64 Å². The van der Waals surface area contributed by atoms with Crippen LogP contribution in [0.15, 0.2) is 18.2 Å². The molecule has 2 fully saturated rings. The van der Waals surface area contributed by atoms with Crippen LogP contribution in [0.1, 0.15) is 49.5 Å². The molecule has 22 heavy (non-hydrogen) atoms. The lowest BCUT2D eigenvalue weighted by molar-refractivity contribution is -0.137. The zero-order valence-electron chi connectivity index (χ0n) is 12.9. The lowest BCUT2D eigenvalue weighted by Gasteiger charge is -2.18. The molecule has 1 aromatic rings. The fourth-order valence-electron chi connectivity index (χ4n) is 3.02. The minimum atomic E-state index is -4.39. The van der Waals surface area contributed by atoms with Crippen LogP contribution in [-0.4, -0.2) is 23.6 Å². The molecule has 0 saturated carbocycles. The standard InChI is InChI=1S/C14H14F3NO2.C2H6/c1-8-5-9(7-10(6-8)14(15,16)17)12-11-3-2-4-18(11)13(19)20-12;1-2/h5-7,11-12H,2-4H2,1H3;1-2H3/t11?,12-;/m1./s1. The van der Waals surface area contributed by atoms with Crippen LogP contribution in [-0.2, 0) is 10.9 Å². The maximum atomic E-state index is 12.9. The van der Waals surface area contributed by atoms with Crippen LogP contribution >= 0.6 is 0 Å². The van der Waals surface area contributed by atoms with E-state index in [1.165, 1.54) is 0 Å². The van der Waals surface area contributed by atoms with E-state index in [9.17, 15) is 18.0 Å². The highest BCUT2D eigenvalue weighted by Crippen LogP contribution is 2.40. The molecule has 0 aromatic heterocycles. The van der Waals surface area contributed by atoms with Gasteiger partial charge >= 0.3 is 12.3 Å². The first-order chi connectivity index (χ1) is 10.4. The number of nitrogens with zero attached hydrogens (tertiary/aromatic N) is 1. The predicted molar refractivity (Wildman–Crippen MR) is 76.5 cm³/mol. The average Bonchev–Trinajstić information content (AvgIpc) is 3.04. The summed E-state index contributed by atoms with van der Waals surface area (Å²) in [6.45, 7) is 6.24. The zero-order valence-corrected chi connectivity index (χ0v) is 12.9. The van der Waals surface area contributed by atoms with Crippen molar-refractivity contribution in [3.8, 4) is 0 Å². The van der Waals surface area contributed by atoms with Gasteiger partial charge in [-0.15, -0.1) is 0 Å². The van der Waals surface area contributed by atoms with Gasteiger partial charge in [0.25, 0.3) is 0 Å². The molecule has 0 spiro atoms. The summed E-state index contributed by atoms with van der Waals surface area (Å²) in [6, 6.07) is 3.72. The van der Waals surface area contributed by atoms with Gasteiger partial charge in [-0.05, 0) is 37.5 Å². The minimum Gasteiger partial charge on any atom is -0.439 e.